The van der Waals surface area contributed by atoms with E-state index in [1.165, 1.54) is 44.9 Å². The largest absolute Gasteiger partial charge is 0.756 e. The summed E-state index contributed by atoms with van der Waals surface area (Å²) < 4.78 is 27.1. The number of aliphatic hydroxyl groups is 1. The summed E-state index contributed by atoms with van der Waals surface area (Å²) in [5, 5.41) is 9.74. The number of aliphatic hydroxyl groups excluding tert-OH is 1. The number of likely N-dealkylation sites (N-methyl/N-ethyl adjacent to an activating group) is 1. The van der Waals surface area contributed by atoms with Crippen LogP contribution in [0.5, 0.6) is 0 Å². The summed E-state index contributed by atoms with van der Waals surface area (Å²) in [6, 6.07) is 0. The molecule has 164 valence electrons. The molecule has 2 atom stereocenters. The summed E-state index contributed by atoms with van der Waals surface area (Å²) in [6.07, 6.45) is 10.2. The molecule has 0 saturated carbocycles. The van der Waals surface area contributed by atoms with E-state index in [0.29, 0.717) is 17.6 Å². The molecule has 1 N–H and O–H groups in total. The summed E-state index contributed by atoms with van der Waals surface area (Å²) in [6.45, 7) is 3.11. The van der Waals surface area contributed by atoms with Crippen molar-refractivity contribution in [1.82, 2.24) is 0 Å². The summed E-state index contributed by atoms with van der Waals surface area (Å²) in [5.74, 6) is 0. The second-order valence-electron chi connectivity index (χ2n) is 8.15. The molecule has 27 heavy (non-hydrogen) atoms. The maximum Gasteiger partial charge on any atom is 0.268 e. The second-order valence-corrected chi connectivity index (χ2v) is 9.56. The van der Waals surface area contributed by atoms with E-state index in [1.807, 2.05) is 21.1 Å². The Morgan fingerprint density at radius 2 is 1.44 bits per heavy atom. The van der Waals surface area contributed by atoms with Gasteiger partial charge in [0.05, 0.1) is 34.4 Å². The number of nitrogens with zero attached hydrogens (tertiary/aromatic N) is 1. The maximum absolute atomic E-state index is 11.6. The lowest BCUT2D eigenvalue weighted by atomic mass is 10.1. The van der Waals surface area contributed by atoms with Gasteiger partial charge in [-0.25, -0.2) is 0 Å². The molecule has 0 bridgehead atoms. The SMILES string of the molecule is CCCCCCCCCCCOCC(O)COP(=O)([O-])OCC[N+](C)(C)C. The lowest BCUT2D eigenvalue weighted by molar-refractivity contribution is -0.870. The molecule has 0 spiro atoms. The molecule has 0 fully saturated rings. The number of ether oxygens (including phenoxy) is 1. The summed E-state index contributed by atoms with van der Waals surface area (Å²) >= 11 is 0. The van der Waals surface area contributed by atoms with Crippen molar-refractivity contribution < 1.29 is 32.8 Å². The smallest absolute Gasteiger partial charge is 0.268 e. The van der Waals surface area contributed by atoms with Crippen molar-refractivity contribution in [2.24, 2.45) is 0 Å². The molecule has 0 saturated heterocycles. The number of unbranched alkanes of at least 4 members (excludes halogenated alkanes) is 8. The molecule has 0 amide bonds. The van der Waals surface area contributed by atoms with Gasteiger partial charge in [-0.3, -0.25) is 4.57 Å². The summed E-state index contributed by atoms with van der Waals surface area (Å²) in [7, 11) is 1.44. The predicted molar refractivity (Wildman–Crippen MR) is 106 cm³/mol. The molecule has 8 heteroatoms. The average Bonchev–Trinajstić information content (AvgIpc) is 2.56. The van der Waals surface area contributed by atoms with Gasteiger partial charge in [0.15, 0.2) is 0 Å². The molecule has 0 aromatic heterocycles. The lowest BCUT2D eigenvalue weighted by Crippen LogP contribution is -2.37. The van der Waals surface area contributed by atoms with Gasteiger partial charge in [0.1, 0.15) is 19.3 Å². The highest BCUT2D eigenvalue weighted by Crippen LogP contribution is 2.38. The van der Waals surface area contributed by atoms with Gasteiger partial charge in [-0.05, 0) is 6.42 Å². The molecular weight excluding hydrogens is 369 g/mol. The Morgan fingerprint density at radius 3 is 2.00 bits per heavy atom. The molecule has 0 aliphatic rings. The highest BCUT2D eigenvalue weighted by molar-refractivity contribution is 7.45. The Labute approximate surface area is 166 Å². The zero-order valence-corrected chi connectivity index (χ0v) is 18.8. The van der Waals surface area contributed by atoms with Gasteiger partial charge in [-0.15, -0.1) is 0 Å². The fourth-order valence-corrected chi connectivity index (χ4v) is 3.16. The first-order valence-corrected chi connectivity index (χ1v) is 11.8. The van der Waals surface area contributed by atoms with Crippen LogP contribution >= 0.6 is 7.82 Å². The number of phosphoric ester groups is 1. The van der Waals surface area contributed by atoms with Crippen LogP contribution in [0.1, 0.15) is 64.7 Å². The number of quaternary nitrogens is 1. The van der Waals surface area contributed by atoms with E-state index in [4.69, 9.17) is 13.8 Å². The zero-order chi connectivity index (χ0) is 20.6. The van der Waals surface area contributed by atoms with Gasteiger partial charge in [-0.2, -0.15) is 0 Å². The number of hydrogen-bond donors (Lipinski definition) is 1. The van der Waals surface area contributed by atoms with Gasteiger partial charge in [0, 0.05) is 6.61 Å². The van der Waals surface area contributed by atoms with Crippen molar-refractivity contribution >= 4 is 7.82 Å². The van der Waals surface area contributed by atoms with Crippen LogP contribution in [0.25, 0.3) is 0 Å². The van der Waals surface area contributed by atoms with Crippen molar-refractivity contribution in [3.63, 3.8) is 0 Å². The Hall–Kier alpha value is -0.0100. The number of rotatable bonds is 19. The van der Waals surface area contributed by atoms with Crippen LogP contribution in [-0.2, 0) is 18.3 Å². The van der Waals surface area contributed by atoms with Gasteiger partial charge >= 0.3 is 0 Å². The quantitative estimate of drug-likeness (QED) is 0.200. The van der Waals surface area contributed by atoms with E-state index < -0.39 is 13.9 Å². The van der Waals surface area contributed by atoms with E-state index in [1.54, 1.807) is 0 Å². The average molecular weight is 412 g/mol. The van der Waals surface area contributed by atoms with Crippen LogP contribution in [0.4, 0.5) is 0 Å². The van der Waals surface area contributed by atoms with Crippen molar-refractivity contribution in [2.75, 3.05) is 54.1 Å². The molecule has 0 radical (unpaired) electrons. The molecular formula is C19H42NO6P. The van der Waals surface area contributed by atoms with E-state index in [9.17, 15) is 14.6 Å². The minimum Gasteiger partial charge on any atom is -0.756 e. The molecule has 0 heterocycles. The van der Waals surface area contributed by atoms with Crippen LogP contribution < -0.4 is 4.89 Å². The van der Waals surface area contributed by atoms with Crippen LogP contribution in [-0.4, -0.2) is 69.8 Å². The van der Waals surface area contributed by atoms with Crippen LogP contribution in [0.3, 0.4) is 0 Å². The van der Waals surface area contributed by atoms with Crippen molar-refractivity contribution in [1.29, 1.82) is 0 Å². The lowest BCUT2D eigenvalue weighted by Gasteiger charge is -2.27. The van der Waals surface area contributed by atoms with Crippen LogP contribution in [0, 0.1) is 0 Å². The summed E-state index contributed by atoms with van der Waals surface area (Å²) in [5.41, 5.74) is 0. The highest BCUT2D eigenvalue weighted by atomic mass is 31.2. The van der Waals surface area contributed by atoms with Gasteiger partial charge < -0.3 is 28.3 Å². The Kier molecular flexibility index (Phi) is 15.9. The third-order valence-corrected chi connectivity index (χ3v) is 5.10. The normalized spacial score (nSPS) is 15.6. The fourth-order valence-electron chi connectivity index (χ4n) is 2.42. The standard InChI is InChI=1S/C19H42NO6P/c1-5-6-7-8-9-10-11-12-13-15-24-17-19(21)18-26-27(22,23)25-16-14-20(2,3)4/h19,21H,5-18H2,1-4H3. The van der Waals surface area contributed by atoms with Gasteiger partial charge in [0.25, 0.3) is 7.82 Å². The van der Waals surface area contributed by atoms with E-state index >= 15 is 0 Å². The van der Waals surface area contributed by atoms with E-state index in [-0.39, 0.29) is 19.8 Å². The van der Waals surface area contributed by atoms with Crippen LogP contribution in [0.2, 0.25) is 0 Å². The monoisotopic (exact) mass is 411 g/mol. The van der Waals surface area contributed by atoms with Crippen molar-refractivity contribution in [3.8, 4) is 0 Å². The van der Waals surface area contributed by atoms with E-state index in [2.05, 4.69) is 6.92 Å². The number of hydrogen-bond acceptors (Lipinski definition) is 6. The molecule has 0 rings (SSSR count). The minimum atomic E-state index is -4.38. The fraction of sp³-hybridized carbons (Fsp3) is 1.00. The Morgan fingerprint density at radius 1 is 0.889 bits per heavy atom. The first-order chi connectivity index (χ1) is 12.7. The zero-order valence-electron chi connectivity index (χ0n) is 17.9. The second kappa shape index (κ2) is 15.9. The van der Waals surface area contributed by atoms with Crippen LogP contribution in [0.15, 0.2) is 0 Å². The molecule has 0 aliphatic heterocycles. The molecule has 7 nitrogen and oxygen atoms in total. The maximum atomic E-state index is 11.6. The van der Waals surface area contributed by atoms with Crippen molar-refractivity contribution in [3.05, 3.63) is 0 Å². The Bertz CT molecular complexity index is 389. The van der Waals surface area contributed by atoms with Gasteiger partial charge in [0.2, 0.25) is 0 Å². The first kappa shape index (κ1) is 27.0. The Balaban J connectivity index is 3.52. The minimum absolute atomic E-state index is 0.0511. The third-order valence-electron chi connectivity index (χ3n) is 4.14. The number of phosphoric acid groups is 1. The molecule has 0 aromatic carbocycles. The summed E-state index contributed by atoms with van der Waals surface area (Å²) in [4.78, 5) is 11.6. The van der Waals surface area contributed by atoms with Crippen molar-refractivity contribution in [2.45, 2.75) is 70.8 Å². The topological polar surface area (TPSA) is 88.0 Å². The molecule has 0 aliphatic carbocycles. The predicted octanol–water partition coefficient (Wildman–Crippen LogP) is 3.10. The highest BCUT2D eigenvalue weighted by Gasteiger charge is 2.15. The third kappa shape index (κ3) is 20.5. The van der Waals surface area contributed by atoms with E-state index in [0.717, 1.165) is 12.8 Å². The first-order valence-electron chi connectivity index (χ1n) is 10.3. The molecule has 2 unspecified atom stereocenters. The van der Waals surface area contributed by atoms with Gasteiger partial charge in [-0.1, -0.05) is 58.3 Å². The molecule has 0 aromatic rings.